The van der Waals surface area contributed by atoms with Gasteiger partial charge in [0.1, 0.15) is 6.10 Å². The number of hydrogen-bond acceptors (Lipinski definition) is 6. The summed E-state index contributed by atoms with van der Waals surface area (Å²) in [4.78, 5) is 42.2. The van der Waals surface area contributed by atoms with Gasteiger partial charge in [-0.15, -0.1) is 0 Å². The minimum Gasteiger partial charge on any atom is -0.465 e. The molecule has 0 aromatic heterocycles. The molecular formula is C37H59NO5. The van der Waals surface area contributed by atoms with Crippen LogP contribution in [0.4, 0.5) is 0 Å². The number of ketones is 1. The number of nitrogens with zero attached hydrogens (tertiary/aromatic N) is 1. The van der Waals surface area contributed by atoms with Crippen molar-refractivity contribution in [3.63, 3.8) is 0 Å². The van der Waals surface area contributed by atoms with E-state index in [1.807, 2.05) is 14.1 Å². The molecule has 0 radical (unpaired) electrons. The predicted octanol–water partition coefficient (Wildman–Crippen LogP) is 7.39. The smallest absolute Gasteiger partial charge is 0.311 e. The first-order valence-corrected chi connectivity index (χ1v) is 17.1. The van der Waals surface area contributed by atoms with Crippen LogP contribution in [0.15, 0.2) is 11.6 Å². The maximum atomic E-state index is 14.6. The van der Waals surface area contributed by atoms with Gasteiger partial charge in [-0.25, -0.2) is 0 Å². The molecule has 0 saturated heterocycles. The van der Waals surface area contributed by atoms with E-state index >= 15 is 0 Å². The number of fused-ring (bicyclic) bond motifs is 7. The highest BCUT2D eigenvalue weighted by molar-refractivity contribution is 5.95. The number of allylic oxidation sites excluding steroid dienone is 2. The molecule has 4 fully saturated rings. The first-order valence-electron chi connectivity index (χ1n) is 17.1. The van der Waals surface area contributed by atoms with Crippen LogP contribution in [0.25, 0.3) is 0 Å². The lowest BCUT2D eigenvalue weighted by molar-refractivity contribution is -0.210. The Morgan fingerprint density at radius 2 is 1.60 bits per heavy atom. The van der Waals surface area contributed by atoms with Gasteiger partial charge in [-0.1, -0.05) is 47.1 Å². The van der Waals surface area contributed by atoms with Crippen LogP contribution in [0.2, 0.25) is 0 Å². The molecule has 0 spiro atoms. The number of rotatable bonds is 6. The van der Waals surface area contributed by atoms with Crippen molar-refractivity contribution in [2.24, 2.45) is 50.2 Å². The number of carbonyl (C=O) groups is 3. The molecule has 0 N–H and O–H groups in total. The molecule has 0 aliphatic heterocycles. The van der Waals surface area contributed by atoms with Gasteiger partial charge in [0.25, 0.3) is 0 Å². The van der Waals surface area contributed by atoms with Crippen molar-refractivity contribution in [3.05, 3.63) is 11.6 Å². The van der Waals surface area contributed by atoms with Crippen LogP contribution in [0.3, 0.4) is 0 Å². The van der Waals surface area contributed by atoms with Crippen LogP contribution >= 0.6 is 0 Å². The summed E-state index contributed by atoms with van der Waals surface area (Å²) < 4.78 is 11.7. The first-order chi connectivity index (χ1) is 19.8. The Morgan fingerprint density at radius 1 is 0.930 bits per heavy atom. The van der Waals surface area contributed by atoms with Gasteiger partial charge in [0.15, 0.2) is 5.78 Å². The molecular weight excluding hydrogens is 538 g/mol. The van der Waals surface area contributed by atoms with E-state index in [2.05, 4.69) is 59.4 Å². The largest absolute Gasteiger partial charge is 0.465 e. The fourth-order valence-electron chi connectivity index (χ4n) is 11.5. The second-order valence-corrected chi connectivity index (χ2v) is 17.5. The summed E-state index contributed by atoms with van der Waals surface area (Å²) in [5, 5.41) is 0. The zero-order valence-corrected chi connectivity index (χ0v) is 28.9. The SMILES string of the molecule is CC(=O)O[C@@H]1CC[C@]2(C)[C@H](CC[C@]3(C)[C@@H]2C(=O)C=C2[C@@H]4C[C@](C)(C(=O)OCCCN(C)C)CC[C@@]4(C)CC[C@@]23C)C1(C)C. The highest BCUT2D eigenvalue weighted by Crippen LogP contribution is 2.75. The fourth-order valence-corrected chi connectivity index (χ4v) is 11.5. The molecule has 0 aromatic rings. The second kappa shape index (κ2) is 10.7. The lowest BCUT2D eigenvalue weighted by Crippen LogP contribution is -2.66. The maximum Gasteiger partial charge on any atom is 0.311 e. The molecule has 6 nitrogen and oxygen atoms in total. The summed E-state index contributed by atoms with van der Waals surface area (Å²) in [5.41, 5.74) is 0.337. The van der Waals surface area contributed by atoms with Crippen LogP contribution in [0.5, 0.6) is 0 Å². The first kappa shape index (κ1) is 32.7. The minimum absolute atomic E-state index is 0.0500. The van der Waals surface area contributed by atoms with Crippen LogP contribution in [-0.4, -0.2) is 56.0 Å². The van der Waals surface area contributed by atoms with Crippen molar-refractivity contribution in [1.29, 1.82) is 0 Å². The molecule has 5 aliphatic carbocycles. The zero-order valence-electron chi connectivity index (χ0n) is 28.9. The Balaban J connectivity index is 1.46. The molecule has 43 heavy (non-hydrogen) atoms. The van der Waals surface area contributed by atoms with Gasteiger partial charge in [-0.05, 0) is 125 Å². The maximum absolute atomic E-state index is 14.6. The molecule has 242 valence electrons. The fraction of sp³-hybridized carbons (Fsp3) is 0.865. The van der Waals surface area contributed by atoms with Gasteiger partial charge < -0.3 is 14.4 Å². The summed E-state index contributed by atoms with van der Waals surface area (Å²) >= 11 is 0. The summed E-state index contributed by atoms with van der Waals surface area (Å²) in [6, 6.07) is 0. The van der Waals surface area contributed by atoms with Gasteiger partial charge >= 0.3 is 11.9 Å². The minimum atomic E-state index is -0.523. The van der Waals surface area contributed by atoms with Crippen LogP contribution in [-0.2, 0) is 23.9 Å². The second-order valence-electron chi connectivity index (χ2n) is 17.5. The third-order valence-electron chi connectivity index (χ3n) is 14.3. The monoisotopic (exact) mass is 597 g/mol. The standard InChI is InChI=1S/C37H59NO5/c1-24(39)43-29-13-14-35(6)28(32(29,2)3)12-15-37(8)30(35)27(40)22-25-26-23-34(5,31(41)42-21-11-20-38(9)10)17-16-33(26,4)18-19-36(25,37)7/h22,26,28-30H,11-21,23H2,1-10H3/t26-,28+,29+,30+,33-,34+,35+,36-,37+/m0/s1. The number of carbonyl (C=O) groups excluding carboxylic acids is 3. The van der Waals surface area contributed by atoms with E-state index in [0.717, 1.165) is 70.8 Å². The topological polar surface area (TPSA) is 72.9 Å². The van der Waals surface area contributed by atoms with Gasteiger partial charge in [0, 0.05) is 24.8 Å². The Bertz CT molecular complexity index is 1190. The third-order valence-corrected chi connectivity index (χ3v) is 14.3. The van der Waals surface area contributed by atoms with E-state index in [1.165, 1.54) is 12.5 Å². The Hall–Kier alpha value is -1.69. The molecule has 0 amide bonds. The number of ether oxygens (including phenoxy) is 2. The van der Waals surface area contributed by atoms with Gasteiger partial charge in [-0.3, -0.25) is 14.4 Å². The van der Waals surface area contributed by atoms with E-state index < -0.39 is 5.41 Å². The molecule has 6 heteroatoms. The normalized spacial score (nSPS) is 45.2. The molecule has 5 rings (SSSR count). The van der Waals surface area contributed by atoms with Crippen LogP contribution < -0.4 is 0 Å². The van der Waals surface area contributed by atoms with Crippen molar-refractivity contribution in [3.8, 4) is 0 Å². The lowest BCUT2D eigenvalue weighted by atomic mass is 9.33. The van der Waals surface area contributed by atoms with Crippen molar-refractivity contribution in [1.82, 2.24) is 4.90 Å². The number of esters is 2. The molecule has 9 atom stereocenters. The Kier molecular flexibility index (Phi) is 8.13. The number of hydrogen-bond donors (Lipinski definition) is 0. The Labute approximate surface area is 261 Å². The van der Waals surface area contributed by atoms with E-state index in [0.29, 0.717) is 18.3 Å². The molecule has 0 unspecified atom stereocenters. The van der Waals surface area contributed by atoms with Crippen molar-refractivity contribution in [2.45, 2.75) is 126 Å². The Morgan fingerprint density at radius 3 is 2.26 bits per heavy atom. The summed E-state index contributed by atoms with van der Waals surface area (Å²) in [7, 11) is 4.08. The van der Waals surface area contributed by atoms with Gasteiger partial charge in [0.2, 0.25) is 0 Å². The van der Waals surface area contributed by atoms with E-state index in [-0.39, 0.29) is 57.0 Å². The van der Waals surface area contributed by atoms with Crippen molar-refractivity contribution < 1.29 is 23.9 Å². The third kappa shape index (κ3) is 4.95. The molecule has 0 bridgehead atoms. The van der Waals surface area contributed by atoms with Crippen LogP contribution in [0, 0.1) is 50.2 Å². The molecule has 0 heterocycles. The van der Waals surface area contributed by atoms with Gasteiger partial charge in [-0.2, -0.15) is 0 Å². The molecule has 0 aromatic carbocycles. The van der Waals surface area contributed by atoms with Gasteiger partial charge in [0.05, 0.1) is 12.0 Å². The highest BCUT2D eigenvalue weighted by atomic mass is 16.5. The predicted molar refractivity (Wildman–Crippen MR) is 169 cm³/mol. The van der Waals surface area contributed by atoms with E-state index in [9.17, 15) is 14.4 Å². The van der Waals surface area contributed by atoms with E-state index in [4.69, 9.17) is 9.47 Å². The summed E-state index contributed by atoms with van der Waals surface area (Å²) in [5.74, 6) is 0.499. The summed E-state index contributed by atoms with van der Waals surface area (Å²) in [6.45, 7) is 19.2. The quantitative estimate of drug-likeness (QED) is 0.235. The van der Waals surface area contributed by atoms with Crippen LogP contribution in [0.1, 0.15) is 120 Å². The zero-order chi connectivity index (χ0) is 31.8. The van der Waals surface area contributed by atoms with Crippen molar-refractivity contribution >= 4 is 17.7 Å². The van der Waals surface area contributed by atoms with Crippen molar-refractivity contribution in [2.75, 3.05) is 27.2 Å². The highest BCUT2D eigenvalue weighted by Gasteiger charge is 2.70. The summed E-state index contributed by atoms with van der Waals surface area (Å²) in [6.07, 6.45) is 11.4. The molecule has 5 aliphatic rings. The average Bonchev–Trinajstić information content (AvgIpc) is 2.90. The van der Waals surface area contributed by atoms with E-state index in [1.54, 1.807) is 0 Å². The lowest BCUT2D eigenvalue weighted by Gasteiger charge is -2.70. The average molecular weight is 598 g/mol. The molecule has 4 saturated carbocycles.